The van der Waals surface area contributed by atoms with Gasteiger partial charge in [-0.2, -0.15) is 0 Å². The smallest absolute Gasteiger partial charge is 0.230 e. The molecule has 1 aromatic rings. The fraction of sp³-hybridized carbons (Fsp3) is 0. The molecule has 0 fully saturated rings. The third-order valence-electron chi connectivity index (χ3n) is 0.837. The van der Waals surface area contributed by atoms with Crippen molar-refractivity contribution in [3.05, 3.63) is 33.9 Å². The van der Waals surface area contributed by atoms with Gasteiger partial charge in [0.2, 0.25) is 0 Å². The first-order valence-electron chi connectivity index (χ1n) is 2.32. The fourth-order valence-corrected chi connectivity index (χ4v) is 1.40. The van der Waals surface area contributed by atoms with E-state index >= 15 is 0 Å². The summed E-state index contributed by atoms with van der Waals surface area (Å²) in [6, 6.07) is 9.18. The van der Waals surface area contributed by atoms with Crippen molar-refractivity contribution in [3.63, 3.8) is 0 Å². The van der Waals surface area contributed by atoms with Crippen LogP contribution >= 0.6 is 19.8 Å². The zero-order valence-corrected chi connectivity index (χ0v) is 6.66. The van der Waals surface area contributed by atoms with Gasteiger partial charge in [-0.25, -0.2) is 6.14 Å². The predicted molar refractivity (Wildman–Crippen MR) is 39.4 cm³/mol. The van der Waals surface area contributed by atoms with Gasteiger partial charge in [-0.3, -0.25) is 0 Å². The molecule has 0 spiro atoms. The van der Waals surface area contributed by atoms with E-state index in [1.807, 2.05) is 0 Å². The third kappa shape index (κ3) is 1.74. The van der Waals surface area contributed by atoms with Crippen LogP contribution in [0, 0.1) is 9.64 Å². The zero-order chi connectivity index (χ0) is 6.69. The molecule has 0 N–H and O–H groups in total. The Balaban J connectivity index is 3.13. The van der Waals surface area contributed by atoms with E-state index in [2.05, 4.69) is 6.07 Å². The summed E-state index contributed by atoms with van der Waals surface area (Å²) in [5.41, 5.74) is 0. The molecule has 1 aromatic carbocycles. The molecule has 0 aliphatic heterocycles. The topological polar surface area (TPSA) is 34.1 Å². The number of halogens is 1. The average Bonchev–Trinajstić information content (AvgIpc) is 1.90. The van der Waals surface area contributed by atoms with Crippen LogP contribution in [0.3, 0.4) is 0 Å². The molecular formula is C6H4IO2. The number of benzene rings is 1. The lowest BCUT2D eigenvalue weighted by Gasteiger charge is -1.80. The van der Waals surface area contributed by atoms with E-state index in [0.717, 1.165) is 0 Å². The van der Waals surface area contributed by atoms with Crippen LogP contribution in [0.5, 0.6) is 0 Å². The van der Waals surface area contributed by atoms with Crippen LogP contribution in [0.1, 0.15) is 0 Å². The molecule has 0 saturated carbocycles. The van der Waals surface area contributed by atoms with Crippen LogP contribution < -0.4 is 0 Å². The van der Waals surface area contributed by atoms with Gasteiger partial charge in [0.15, 0.2) is 0 Å². The average molecular weight is 235 g/mol. The highest BCUT2D eigenvalue weighted by Crippen LogP contribution is 2.14. The van der Waals surface area contributed by atoms with Gasteiger partial charge in [0.25, 0.3) is 0 Å². The van der Waals surface area contributed by atoms with Gasteiger partial charge in [-0.1, -0.05) is 18.2 Å². The first kappa shape index (κ1) is 6.67. The summed E-state index contributed by atoms with van der Waals surface area (Å²) in [6.07, 6.45) is 0. The molecule has 0 bridgehead atoms. The molecule has 3 heteroatoms. The molecule has 0 aliphatic rings. The normalized spacial score (nSPS) is 9.89. The Morgan fingerprint density at radius 3 is 2.44 bits per heavy atom. The Kier molecular flexibility index (Phi) is 2.16. The van der Waals surface area contributed by atoms with Crippen LogP contribution in [-0.4, -0.2) is 0 Å². The lowest BCUT2D eigenvalue weighted by atomic mass is 10.4. The second-order valence-corrected chi connectivity index (χ2v) is 3.83. The van der Waals surface area contributed by atoms with Crippen LogP contribution in [-0.2, 0) is 6.14 Å². The summed E-state index contributed by atoms with van der Waals surface area (Å²) in [5.74, 6) is 0. The molecule has 0 amide bonds. The zero-order valence-electron chi connectivity index (χ0n) is 4.50. The molecule has 0 aromatic heterocycles. The predicted octanol–water partition coefficient (Wildman–Crippen LogP) is 1.85. The Bertz CT molecular complexity index is 243. The van der Waals surface area contributed by atoms with Crippen molar-refractivity contribution in [2.45, 2.75) is 0 Å². The summed E-state index contributed by atoms with van der Waals surface area (Å²) >= 11 is -3.24. The number of hydrogen-bond acceptors (Lipinski definition) is 2. The quantitative estimate of drug-likeness (QED) is 0.696. The minimum Gasteiger partial charge on any atom is -0.230 e. The molecule has 9 heavy (non-hydrogen) atoms. The maximum Gasteiger partial charge on any atom is 0.341 e. The maximum absolute atomic E-state index is 10.3. The number of rotatable bonds is 1. The van der Waals surface area contributed by atoms with E-state index in [1.54, 1.807) is 24.3 Å². The molecule has 47 valence electrons. The first-order valence-corrected chi connectivity index (χ1v) is 5.17. The van der Waals surface area contributed by atoms with Crippen molar-refractivity contribution in [1.29, 1.82) is 0 Å². The van der Waals surface area contributed by atoms with Gasteiger partial charge >= 0.3 is 19.8 Å². The van der Waals surface area contributed by atoms with Crippen molar-refractivity contribution < 1.29 is 6.14 Å². The molecule has 0 atom stereocenters. The second kappa shape index (κ2) is 2.91. The second-order valence-electron chi connectivity index (χ2n) is 1.43. The van der Waals surface area contributed by atoms with Crippen LogP contribution in [0.2, 0.25) is 0 Å². The van der Waals surface area contributed by atoms with Crippen LogP contribution in [0.4, 0.5) is 0 Å². The lowest BCUT2D eigenvalue weighted by molar-refractivity contribution is 0.610. The van der Waals surface area contributed by atoms with E-state index in [-0.39, 0.29) is 0 Å². The van der Waals surface area contributed by atoms with Gasteiger partial charge in [-0.15, -0.1) is 0 Å². The van der Waals surface area contributed by atoms with Crippen molar-refractivity contribution >= 4 is 19.8 Å². The SMILES string of the molecule is O=I(=O)c1[c]cccc1. The largest absolute Gasteiger partial charge is 0.341 e. The monoisotopic (exact) mass is 235 g/mol. The van der Waals surface area contributed by atoms with Gasteiger partial charge in [0, 0.05) is 6.07 Å². The van der Waals surface area contributed by atoms with E-state index in [0.29, 0.717) is 3.57 Å². The van der Waals surface area contributed by atoms with E-state index in [4.69, 9.17) is 0 Å². The van der Waals surface area contributed by atoms with Gasteiger partial charge in [0.1, 0.15) is 0 Å². The molecule has 0 heterocycles. The molecule has 2 nitrogen and oxygen atoms in total. The van der Waals surface area contributed by atoms with Crippen molar-refractivity contribution in [3.8, 4) is 0 Å². The Morgan fingerprint density at radius 1 is 1.33 bits per heavy atom. The van der Waals surface area contributed by atoms with Crippen LogP contribution in [0.15, 0.2) is 24.3 Å². The molecule has 0 saturated heterocycles. The molecule has 1 rings (SSSR count). The summed E-state index contributed by atoms with van der Waals surface area (Å²) in [4.78, 5) is 0. The van der Waals surface area contributed by atoms with Gasteiger partial charge in [0.05, 0.1) is 3.57 Å². The molecular weight excluding hydrogens is 231 g/mol. The highest BCUT2D eigenvalue weighted by molar-refractivity contribution is 14.2. The Labute approximate surface area is 60.0 Å². The van der Waals surface area contributed by atoms with Crippen molar-refractivity contribution in [2.24, 2.45) is 0 Å². The third-order valence-corrected chi connectivity index (χ3v) is 2.46. The van der Waals surface area contributed by atoms with Crippen molar-refractivity contribution in [2.75, 3.05) is 0 Å². The molecule has 1 radical (unpaired) electrons. The summed E-state index contributed by atoms with van der Waals surface area (Å²) in [6.45, 7) is 0. The fourth-order valence-electron chi connectivity index (χ4n) is 0.467. The Morgan fingerprint density at radius 2 is 2.11 bits per heavy atom. The standard InChI is InChI=1S/C6H4IO2/c8-7(9)6-4-2-1-3-5-6/h1-4H. The van der Waals surface area contributed by atoms with Gasteiger partial charge in [-0.05, 0) is 6.07 Å². The van der Waals surface area contributed by atoms with Crippen LogP contribution in [0.25, 0.3) is 0 Å². The highest BCUT2D eigenvalue weighted by Gasteiger charge is 1.92. The highest BCUT2D eigenvalue weighted by atomic mass is 127. The number of hydrogen-bond donors (Lipinski definition) is 0. The minimum atomic E-state index is -3.24. The van der Waals surface area contributed by atoms with E-state index in [9.17, 15) is 6.14 Å². The van der Waals surface area contributed by atoms with Gasteiger partial charge < -0.3 is 0 Å². The summed E-state index contributed by atoms with van der Waals surface area (Å²) in [7, 11) is 0. The Hall–Kier alpha value is -0.450. The van der Waals surface area contributed by atoms with E-state index in [1.165, 1.54) is 0 Å². The minimum absolute atomic E-state index is 0.335. The molecule has 0 aliphatic carbocycles. The first-order chi connectivity index (χ1) is 4.30. The molecule has 0 unspecified atom stereocenters. The summed E-state index contributed by atoms with van der Waals surface area (Å²) < 4.78 is 20.9. The lowest BCUT2D eigenvalue weighted by Crippen LogP contribution is -1.66. The maximum atomic E-state index is 10.3. The van der Waals surface area contributed by atoms with E-state index < -0.39 is 19.8 Å². The summed E-state index contributed by atoms with van der Waals surface area (Å²) in [5, 5.41) is 0. The van der Waals surface area contributed by atoms with Crippen molar-refractivity contribution in [1.82, 2.24) is 0 Å².